The van der Waals surface area contributed by atoms with Crippen molar-refractivity contribution in [3.05, 3.63) is 24.1 Å². The minimum absolute atomic E-state index is 0.282. The van der Waals surface area contributed by atoms with E-state index in [2.05, 4.69) is 29.3 Å². The summed E-state index contributed by atoms with van der Waals surface area (Å²) in [6.45, 7) is 0.756. The molecule has 1 aliphatic carbocycles. The second kappa shape index (κ2) is 4.78. The van der Waals surface area contributed by atoms with Crippen molar-refractivity contribution in [1.29, 1.82) is 0 Å². The van der Waals surface area contributed by atoms with E-state index in [9.17, 15) is 4.39 Å². The summed E-state index contributed by atoms with van der Waals surface area (Å²) >= 11 is 0. The Kier molecular flexibility index (Phi) is 3.39. The van der Waals surface area contributed by atoms with Gasteiger partial charge >= 0.3 is 0 Å². The molecular formula is C12H18FN3. The van der Waals surface area contributed by atoms with E-state index in [1.807, 2.05) is 0 Å². The van der Waals surface area contributed by atoms with Gasteiger partial charge in [0.25, 0.3) is 0 Å². The zero-order chi connectivity index (χ0) is 11.5. The van der Waals surface area contributed by atoms with Crippen molar-refractivity contribution >= 4 is 5.82 Å². The Labute approximate surface area is 95.7 Å². The number of aromatic nitrogens is 1. The fourth-order valence-corrected chi connectivity index (χ4v) is 1.97. The summed E-state index contributed by atoms with van der Waals surface area (Å²) < 4.78 is 13.3. The van der Waals surface area contributed by atoms with E-state index in [0.29, 0.717) is 11.9 Å². The molecule has 0 radical (unpaired) electrons. The minimum atomic E-state index is -0.282. The third-order valence-corrected chi connectivity index (χ3v) is 3.07. The van der Waals surface area contributed by atoms with Gasteiger partial charge in [-0.05, 0) is 45.0 Å². The van der Waals surface area contributed by atoms with Crippen molar-refractivity contribution in [2.45, 2.75) is 18.9 Å². The molecule has 0 bridgehead atoms. The Morgan fingerprint density at radius 2 is 2.31 bits per heavy atom. The van der Waals surface area contributed by atoms with Crippen LogP contribution in [0.4, 0.5) is 10.2 Å². The smallest absolute Gasteiger partial charge is 0.165 e. The van der Waals surface area contributed by atoms with Crippen LogP contribution in [-0.2, 0) is 0 Å². The van der Waals surface area contributed by atoms with Crippen molar-refractivity contribution in [1.82, 2.24) is 9.88 Å². The molecule has 1 N–H and O–H groups in total. The molecule has 0 saturated heterocycles. The maximum Gasteiger partial charge on any atom is 0.165 e. The lowest BCUT2D eigenvalue weighted by atomic mass is 10.1. The summed E-state index contributed by atoms with van der Waals surface area (Å²) in [5.74, 6) is 0.833. The molecule has 0 unspecified atom stereocenters. The third kappa shape index (κ3) is 2.70. The van der Waals surface area contributed by atoms with Gasteiger partial charge in [-0.1, -0.05) is 0 Å². The van der Waals surface area contributed by atoms with E-state index >= 15 is 0 Å². The number of hydrogen-bond donors (Lipinski definition) is 1. The summed E-state index contributed by atoms with van der Waals surface area (Å²) in [5.41, 5.74) is 0. The van der Waals surface area contributed by atoms with Crippen LogP contribution >= 0.6 is 0 Å². The van der Waals surface area contributed by atoms with Crippen molar-refractivity contribution in [3.8, 4) is 0 Å². The van der Waals surface area contributed by atoms with Crippen LogP contribution in [0.2, 0.25) is 0 Å². The molecule has 1 aliphatic rings. The lowest BCUT2D eigenvalue weighted by Gasteiger charge is -2.24. The predicted octanol–water partition coefficient (Wildman–Crippen LogP) is 1.97. The van der Waals surface area contributed by atoms with Crippen LogP contribution in [-0.4, -0.2) is 36.6 Å². The fraction of sp³-hybridized carbons (Fsp3) is 0.583. The van der Waals surface area contributed by atoms with Crippen LogP contribution in [0.5, 0.6) is 0 Å². The minimum Gasteiger partial charge on any atom is -0.366 e. The van der Waals surface area contributed by atoms with E-state index in [1.165, 1.54) is 18.9 Å². The first kappa shape index (κ1) is 11.3. The number of halogens is 1. The van der Waals surface area contributed by atoms with Crippen LogP contribution in [0.15, 0.2) is 18.3 Å². The highest BCUT2D eigenvalue weighted by atomic mass is 19.1. The second-order valence-corrected chi connectivity index (χ2v) is 4.58. The van der Waals surface area contributed by atoms with Gasteiger partial charge in [0.15, 0.2) is 11.6 Å². The van der Waals surface area contributed by atoms with E-state index in [-0.39, 0.29) is 5.82 Å². The van der Waals surface area contributed by atoms with E-state index in [1.54, 1.807) is 12.3 Å². The topological polar surface area (TPSA) is 28.2 Å². The lowest BCUT2D eigenvalue weighted by molar-refractivity contribution is 0.276. The maximum atomic E-state index is 13.3. The second-order valence-electron chi connectivity index (χ2n) is 4.58. The zero-order valence-electron chi connectivity index (χ0n) is 9.78. The number of rotatable bonds is 5. The average Bonchev–Trinajstić information content (AvgIpc) is 3.04. The number of likely N-dealkylation sites (N-methyl/N-ethyl adjacent to an activating group) is 1. The molecule has 0 aliphatic heterocycles. The first-order valence-corrected chi connectivity index (χ1v) is 5.69. The predicted molar refractivity (Wildman–Crippen MR) is 62.9 cm³/mol. The highest BCUT2D eigenvalue weighted by molar-refractivity contribution is 5.35. The molecule has 3 nitrogen and oxygen atoms in total. The molecule has 4 heteroatoms. The van der Waals surface area contributed by atoms with Gasteiger partial charge in [0.05, 0.1) is 0 Å². The Balaban J connectivity index is 1.93. The molecule has 2 rings (SSSR count). The SMILES string of the molecule is CN(C)[C@@H](CNc1ncccc1F)C1CC1. The van der Waals surface area contributed by atoms with Crippen LogP contribution in [0.25, 0.3) is 0 Å². The molecule has 1 atom stereocenters. The van der Waals surface area contributed by atoms with E-state index < -0.39 is 0 Å². The van der Waals surface area contributed by atoms with Crippen LogP contribution in [0, 0.1) is 11.7 Å². The first-order chi connectivity index (χ1) is 7.68. The lowest BCUT2D eigenvalue weighted by Crippen LogP contribution is -2.36. The van der Waals surface area contributed by atoms with Crippen LogP contribution in [0.1, 0.15) is 12.8 Å². The Morgan fingerprint density at radius 3 is 2.88 bits per heavy atom. The van der Waals surface area contributed by atoms with E-state index in [4.69, 9.17) is 0 Å². The summed E-state index contributed by atoms with van der Waals surface area (Å²) in [7, 11) is 4.14. The Morgan fingerprint density at radius 1 is 1.56 bits per heavy atom. The zero-order valence-corrected chi connectivity index (χ0v) is 9.78. The molecule has 0 spiro atoms. The van der Waals surface area contributed by atoms with Gasteiger partial charge < -0.3 is 10.2 Å². The van der Waals surface area contributed by atoms with Gasteiger partial charge in [-0.15, -0.1) is 0 Å². The molecular weight excluding hydrogens is 205 g/mol. The molecule has 16 heavy (non-hydrogen) atoms. The van der Waals surface area contributed by atoms with Gasteiger partial charge in [0.2, 0.25) is 0 Å². The number of pyridine rings is 1. The normalized spacial score (nSPS) is 17.5. The standard InChI is InChI=1S/C12H18FN3/c1-16(2)11(9-5-6-9)8-15-12-10(13)4-3-7-14-12/h3-4,7,9,11H,5-6,8H2,1-2H3,(H,14,15)/t11-/m0/s1. The van der Waals surface area contributed by atoms with Crippen molar-refractivity contribution in [2.75, 3.05) is 26.0 Å². The fourth-order valence-electron chi connectivity index (χ4n) is 1.97. The summed E-state index contributed by atoms with van der Waals surface area (Å²) in [6.07, 6.45) is 4.18. The van der Waals surface area contributed by atoms with Gasteiger partial charge in [0, 0.05) is 18.8 Å². The molecule has 1 fully saturated rings. The highest BCUT2D eigenvalue weighted by Crippen LogP contribution is 2.34. The molecule has 0 amide bonds. The maximum absolute atomic E-state index is 13.3. The van der Waals surface area contributed by atoms with Gasteiger partial charge in [-0.3, -0.25) is 0 Å². The van der Waals surface area contributed by atoms with Gasteiger partial charge in [-0.2, -0.15) is 0 Å². The average molecular weight is 223 g/mol. The summed E-state index contributed by atoms with van der Waals surface area (Å²) in [6, 6.07) is 3.50. The number of nitrogens with zero attached hydrogens (tertiary/aromatic N) is 2. The van der Waals surface area contributed by atoms with Crippen LogP contribution < -0.4 is 5.32 Å². The summed E-state index contributed by atoms with van der Waals surface area (Å²) in [4.78, 5) is 6.18. The number of hydrogen-bond acceptors (Lipinski definition) is 3. The monoisotopic (exact) mass is 223 g/mol. The van der Waals surface area contributed by atoms with E-state index in [0.717, 1.165) is 12.5 Å². The Bertz CT molecular complexity index is 348. The quantitative estimate of drug-likeness (QED) is 0.827. The van der Waals surface area contributed by atoms with Gasteiger partial charge in [0.1, 0.15) is 0 Å². The number of nitrogens with one attached hydrogen (secondary N) is 1. The summed E-state index contributed by atoms with van der Waals surface area (Å²) in [5, 5.41) is 3.09. The van der Waals surface area contributed by atoms with Crippen LogP contribution in [0.3, 0.4) is 0 Å². The molecule has 1 heterocycles. The van der Waals surface area contributed by atoms with Gasteiger partial charge in [-0.25, -0.2) is 9.37 Å². The molecule has 1 aromatic rings. The molecule has 1 aromatic heterocycles. The largest absolute Gasteiger partial charge is 0.366 e. The Hall–Kier alpha value is -1.16. The highest BCUT2D eigenvalue weighted by Gasteiger charge is 2.32. The van der Waals surface area contributed by atoms with Crippen molar-refractivity contribution in [3.63, 3.8) is 0 Å². The van der Waals surface area contributed by atoms with Crippen molar-refractivity contribution in [2.24, 2.45) is 5.92 Å². The number of anilines is 1. The first-order valence-electron chi connectivity index (χ1n) is 5.69. The third-order valence-electron chi connectivity index (χ3n) is 3.07. The molecule has 1 saturated carbocycles. The molecule has 88 valence electrons. The molecule has 0 aromatic carbocycles. The van der Waals surface area contributed by atoms with Crippen molar-refractivity contribution < 1.29 is 4.39 Å².